The van der Waals surface area contributed by atoms with Crippen LogP contribution in [0.15, 0.2) is 38.4 Å². The molecule has 8 heteroatoms. The maximum absolute atomic E-state index is 5.37. The molecule has 1 saturated heterocycles. The molecular weight excluding hydrogens is 445 g/mol. The number of hydrogen-bond donors (Lipinski definition) is 1. The molecule has 1 aliphatic heterocycles. The summed E-state index contributed by atoms with van der Waals surface area (Å²) in [7, 11) is 0. The second-order valence-corrected chi connectivity index (χ2v) is 6.26. The minimum Gasteiger partial charge on any atom is -0.469 e. The van der Waals surface area contributed by atoms with E-state index < -0.39 is 0 Å². The molecule has 7 nitrogen and oxygen atoms in total. The van der Waals surface area contributed by atoms with Crippen molar-refractivity contribution in [3.05, 3.63) is 41.7 Å². The first kappa shape index (κ1) is 20.8. The molecule has 1 aliphatic rings. The van der Waals surface area contributed by atoms with Crippen molar-refractivity contribution < 1.29 is 8.94 Å². The van der Waals surface area contributed by atoms with Gasteiger partial charge in [0.1, 0.15) is 11.5 Å². The van der Waals surface area contributed by atoms with E-state index >= 15 is 0 Å². The maximum Gasteiger partial charge on any atom is 0.194 e. The number of aliphatic imine (C=N–C) groups is 1. The summed E-state index contributed by atoms with van der Waals surface area (Å²) in [6.45, 7) is 10.4. The average Bonchev–Trinajstić information content (AvgIpc) is 3.27. The van der Waals surface area contributed by atoms with Gasteiger partial charge in [0.15, 0.2) is 5.96 Å². The van der Waals surface area contributed by atoms with Crippen molar-refractivity contribution in [3.63, 3.8) is 0 Å². The molecular formula is C18H28IN5O2. The topological polar surface area (TPSA) is 70.0 Å². The predicted octanol–water partition coefficient (Wildman–Crippen LogP) is 2.52. The van der Waals surface area contributed by atoms with E-state index in [-0.39, 0.29) is 24.0 Å². The highest BCUT2D eigenvalue weighted by Gasteiger charge is 2.20. The van der Waals surface area contributed by atoms with Gasteiger partial charge in [0, 0.05) is 58.3 Å². The van der Waals surface area contributed by atoms with Gasteiger partial charge in [-0.15, -0.1) is 24.0 Å². The number of nitrogens with one attached hydrogen (secondary N) is 1. The highest BCUT2D eigenvalue weighted by Crippen LogP contribution is 2.09. The Kier molecular flexibility index (Phi) is 8.43. The van der Waals surface area contributed by atoms with Gasteiger partial charge in [-0.2, -0.15) is 0 Å². The summed E-state index contributed by atoms with van der Waals surface area (Å²) in [6, 6.07) is 5.92. The highest BCUT2D eigenvalue weighted by atomic mass is 127. The van der Waals surface area contributed by atoms with Crippen LogP contribution in [0.5, 0.6) is 0 Å². The molecule has 26 heavy (non-hydrogen) atoms. The number of rotatable bonds is 6. The summed E-state index contributed by atoms with van der Waals surface area (Å²) in [5.41, 5.74) is 1.00. The summed E-state index contributed by atoms with van der Waals surface area (Å²) in [6.07, 6.45) is 2.53. The Morgan fingerprint density at radius 2 is 2.12 bits per heavy atom. The summed E-state index contributed by atoms with van der Waals surface area (Å²) < 4.78 is 10.5. The number of aromatic nitrogens is 1. The zero-order valence-corrected chi connectivity index (χ0v) is 17.8. The first-order valence-electron chi connectivity index (χ1n) is 8.95. The Bertz CT molecular complexity index is 663. The predicted molar refractivity (Wildman–Crippen MR) is 112 cm³/mol. The van der Waals surface area contributed by atoms with Gasteiger partial charge in [0.05, 0.1) is 12.0 Å². The van der Waals surface area contributed by atoms with E-state index in [2.05, 4.69) is 27.2 Å². The van der Waals surface area contributed by atoms with Crippen LogP contribution in [-0.4, -0.2) is 60.2 Å². The van der Waals surface area contributed by atoms with Crippen molar-refractivity contribution >= 4 is 29.9 Å². The molecule has 0 bridgehead atoms. The standard InChI is InChI=1S/C18H27N5O2.HI/c1-3-19-18(20-7-6-17-5-4-12-24-17)23-10-8-22(9-11-23)14-16-13-15(2)25-21-16;/h4-5,12-13H,3,6-11,14H2,1-2H3,(H,19,20);1H. The van der Waals surface area contributed by atoms with Gasteiger partial charge in [0.25, 0.3) is 0 Å². The molecule has 0 radical (unpaired) electrons. The quantitative estimate of drug-likeness (QED) is 0.395. The minimum atomic E-state index is 0. The average molecular weight is 473 g/mol. The maximum atomic E-state index is 5.37. The Hall–Kier alpha value is -1.55. The molecule has 3 rings (SSSR count). The molecule has 144 valence electrons. The summed E-state index contributed by atoms with van der Waals surface area (Å²) in [4.78, 5) is 9.48. The van der Waals surface area contributed by atoms with Crippen LogP contribution in [-0.2, 0) is 13.0 Å². The van der Waals surface area contributed by atoms with Crippen molar-refractivity contribution in [3.8, 4) is 0 Å². The van der Waals surface area contributed by atoms with Crippen molar-refractivity contribution in [2.75, 3.05) is 39.3 Å². The van der Waals surface area contributed by atoms with Crippen LogP contribution in [0.25, 0.3) is 0 Å². The van der Waals surface area contributed by atoms with Gasteiger partial charge in [-0.05, 0) is 26.0 Å². The second kappa shape index (κ2) is 10.6. The Morgan fingerprint density at radius 3 is 2.73 bits per heavy atom. The first-order valence-corrected chi connectivity index (χ1v) is 8.95. The number of furan rings is 1. The normalized spacial score (nSPS) is 15.8. The summed E-state index contributed by atoms with van der Waals surface area (Å²) in [5.74, 6) is 2.84. The fourth-order valence-electron chi connectivity index (χ4n) is 2.99. The molecule has 0 aliphatic carbocycles. The van der Waals surface area contributed by atoms with E-state index in [0.29, 0.717) is 0 Å². The van der Waals surface area contributed by atoms with Crippen LogP contribution in [0.4, 0.5) is 0 Å². The molecule has 2 aromatic rings. The van der Waals surface area contributed by atoms with Crippen molar-refractivity contribution in [2.45, 2.75) is 26.8 Å². The fourth-order valence-corrected chi connectivity index (χ4v) is 2.99. The lowest BCUT2D eigenvalue weighted by Gasteiger charge is -2.36. The third-order valence-corrected chi connectivity index (χ3v) is 4.27. The van der Waals surface area contributed by atoms with Gasteiger partial charge in [-0.25, -0.2) is 0 Å². The molecule has 1 fully saturated rings. The number of aryl methyl sites for hydroxylation is 1. The van der Waals surface area contributed by atoms with Gasteiger partial charge < -0.3 is 19.2 Å². The molecule has 2 aromatic heterocycles. The van der Waals surface area contributed by atoms with Gasteiger partial charge >= 0.3 is 0 Å². The van der Waals surface area contributed by atoms with E-state index in [1.807, 2.05) is 25.1 Å². The lowest BCUT2D eigenvalue weighted by atomic mass is 10.3. The minimum absolute atomic E-state index is 0. The summed E-state index contributed by atoms with van der Waals surface area (Å²) >= 11 is 0. The lowest BCUT2D eigenvalue weighted by molar-refractivity contribution is 0.169. The lowest BCUT2D eigenvalue weighted by Crippen LogP contribution is -2.52. The van der Waals surface area contributed by atoms with Crippen LogP contribution in [0, 0.1) is 6.92 Å². The molecule has 0 aromatic carbocycles. The third kappa shape index (κ3) is 6.01. The Morgan fingerprint density at radius 1 is 1.31 bits per heavy atom. The Balaban J connectivity index is 0.00000243. The number of hydrogen-bond acceptors (Lipinski definition) is 5. The molecule has 0 saturated carbocycles. The number of nitrogens with zero attached hydrogens (tertiary/aromatic N) is 4. The molecule has 1 N–H and O–H groups in total. The molecule has 0 unspecified atom stereocenters. The molecule has 0 spiro atoms. The van der Waals surface area contributed by atoms with Crippen LogP contribution in [0.3, 0.4) is 0 Å². The summed E-state index contributed by atoms with van der Waals surface area (Å²) in [5, 5.41) is 7.48. The molecule has 3 heterocycles. The fraction of sp³-hybridized carbons (Fsp3) is 0.556. The third-order valence-electron chi connectivity index (χ3n) is 4.27. The van der Waals surface area contributed by atoms with Gasteiger partial charge in [0.2, 0.25) is 0 Å². The van der Waals surface area contributed by atoms with Crippen LogP contribution in [0.1, 0.15) is 24.1 Å². The van der Waals surface area contributed by atoms with E-state index in [1.54, 1.807) is 6.26 Å². The van der Waals surface area contributed by atoms with Crippen LogP contribution >= 0.6 is 24.0 Å². The first-order chi connectivity index (χ1) is 12.2. The van der Waals surface area contributed by atoms with Gasteiger partial charge in [-0.3, -0.25) is 9.89 Å². The largest absolute Gasteiger partial charge is 0.469 e. The smallest absolute Gasteiger partial charge is 0.194 e. The Labute approximate surface area is 171 Å². The highest BCUT2D eigenvalue weighted by molar-refractivity contribution is 14.0. The van der Waals surface area contributed by atoms with Crippen molar-refractivity contribution in [1.29, 1.82) is 0 Å². The van der Waals surface area contributed by atoms with E-state index in [9.17, 15) is 0 Å². The molecule has 0 amide bonds. The number of piperazine rings is 1. The number of halogens is 1. The van der Waals surface area contributed by atoms with E-state index in [0.717, 1.165) is 75.4 Å². The van der Waals surface area contributed by atoms with Crippen molar-refractivity contribution in [2.24, 2.45) is 4.99 Å². The monoisotopic (exact) mass is 473 g/mol. The van der Waals surface area contributed by atoms with Crippen LogP contribution in [0.2, 0.25) is 0 Å². The van der Waals surface area contributed by atoms with Crippen LogP contribution < -0.4 is 5.32 Å². The van der Waals surface area contributed by atoms with E-state index in [4.69, 9.17) is 13.9 Å². The number of guanidine groups is 1. The SMILES string of the molecule is CCNC(=NCCc1ccco1)N1CCN(Cc2cc(C)on2)CC1.I. The zero-order chi connectivity index (χ0) is 17.5. The van der Waals surface area contributed by atoms with Crippen molar-refractivity contribution in [1.82, 2.24) is 20.3 Å². The zero-order valence-electron chi connectivity index (χ0n) is 15.5. The van der Waals surface area contributed by atoms with Gasteiger partial charge in [-0.1, -0.05) is 5.16 Å². The molecule has 0 atom stereocenters. The second-order valence-electron chi connectivity index (χ2n) is 6.26. The van der Waals surface area contributed by atoms with E-state index in [1.165, 1.54) is 0 Å².